The molecule has 0 fully saturated rings. The zero-order valence-electron chi connectivity index (χ0n) is 18.8. The maximum atomic E-state index is 6.50. The molecule has 0 heterocycles. The van der Waals surface area contributed by atoms with E-state index in [0.29, 0.717) is 0 Å². The van der Waals surface area contributed by atoms with Crippen LogP contribution >= 0.6 is 12.0 Å². The average molecular weight is 494 g/mol. The summed E-state index contributed by atoms with van der Waals surface area (Å²) in [5.74, 6) is 0. The monoisotopic (exact) mass is 493 g/mol. The third-order valence-corrected chi connectivity index (χ3v) is 8.78. The van der Waals surface area contributed by atoms with Crippen molar-refractivity contribution in [2.45, 2.75) is 78.8 Å². The van der Waals surface area contributed by atoms with Gasteiger partial charge in [0.25, 0.3) is 0 Å². The van der Waals surface area contributed by atoms with Crippen LogP contribution in [0.4, 0.5) is 0 Å². The molecule has 6 heteroatoms. The predicted molar refractivity (Wildman–Crippen MR) is 115 cm³/mol. The molecule has 0 N–H and O–H groups in total. The fraction of sp³-hybridized carbons (Fsp3) is 0.636. The van der Waals surface area contributed by atoms with Gasteiger partial charge in [-0.2, -0.15) is 0 Å². The van der Waals surface area contributed by atoms with Crippen LogP contribution in [0, 0.1) is 10.8 Å². The smallest absolute Gasteiger partial charge is 1.00 e. The summed E-state index contributed by atoms with van der Waals surface area (Å²) in [7, 11) is -1.64. The summed E-state index contributed by atoms with van der Waals surface area (Å²) in [6.45, 7) is 20.8. The van der Waals surface area contributed by atoms with Crippen LogP contribution in [0.25, 0.3) is 0 Å². The zero-order valence-corrected chi connectivity index (χ0v) is 23.7. The van der Waals surface area contributed by atoms with Crippen molar-refractivity contribution in [3.8, 4) is 0 Å². The minimum absolute atomic E-state index is 0. The second kappa shape index (κ2) is 9.94. The van der Waals surface area contributed by atoms with Gasteiger partial charge in [-0.3, -0.25) is 0 Å². The van der Waals surface area contributed by atoms with E-state index in [1.807, 2.05) is 0 Å². The molecule has 0 bridgehead atoms. The molecule has 28 heavy (non-hydrogen) atoms. The first-order valence-electron chi connectivity index (χ1n) is 9.59. The van der Waals surface area contributed by atoms with Crippen molar-refractivity contribution in [1.82, 2.24) is 0 Å². The molecule has 0 aliphatic heterocycles. The van der Waals surface area contributed by atoms with Gasteiger partial charge in [0, 0.05) is 0 Å². The molecule has 1 unspecified atom stereocenters. The quantitative estimate of drug-likeness (QED) is 0.431. The van der Waals surface area contributed by atoms with E-state index >= 15 is 0 Å². The van der Waals surface area contributed by atoms with Gasteiger partial charge in [-0.05, 0) is 0 Å². The summed E-state index contributed by atoms with van der Waals surface area (Å²) in [4.78, 5) is 0. The molecule has 0 aromatic rings. The Kier molecular flexibility index (Phi) is 10.2. The zero-order chi connectivity index (χ0) is 20.0. The van der Waals surface area contributed by atoms with Gasteiger partial charge in [-0.25, -0.2) is 0 Å². The topological polar surface area (TPSA) is 9.23 Å². The van der Waals surface area contributed by atoms with E-state index in [-0.39, 0.29) is 40.4 Å². The maximum absolute atomic E-state index is 6.50. The van der Waals surface area contributed by atoms with Gasteiger partial charge in [-0.15, -0.1) is 0 Å². The molecule has 0 spiro atoms. The summed E-state index contributed by atoms with van der Waals surface area (Å²) in [5.41, 5.74) is 4.67. The Labute approximate surface area is 202 Å². The van der Waals surface area contributed by atoms with Gasteiger partial charge in [0.2, 0.25) is 0 Å². The van der Waals surface area contributed by atoms with E-state index in [9.17, 15) is 0 Å². The Bertz CT molecular complexity index is 691. The summed E-state index contributed by atoms with van der Waals surface area (Å²) in [6.07, 6.45) is 11.7. The van der Waals surface area contributed by atoms with Crippen LogP contribution in [0.3, 0.4) is 0 Å². The Morgan fingerprint density at radius 1 is 1.04 bits per heavy atom. The number of rotatable bonds is 4. The second-order valence-corrected chi connectivity index (χ2v) is 17.2. The molecule has 0 aromatic heterocycles. The molecular formula is C22H35Cl2OSSiTi. The van der Waals surface area contributed by atoms with Crippen LogP contribution in [0.1, 0.15) is 54.4 Å². The van der Waals surface area contributed by atoms with Crippen molar-refractivity contribution in [3.63, 3.8) is 0 Å². The van der Waals surface area contributed by atoms with Crippen LogP contribution in [-0.2, 0) is 24.3 Å². The van der Waals surface area contributed by atoms with Gasteiger partial charge >= 0.3 is 179 Å². The molecule has 2 aliphatic carbocycles. The van der Waals surface area contributed by atoms with E-state index < -0.39 is 8.32 Å². The van der Waals surface area contributed by atoms with E-state index in [2.05, 4.69) is 106 Å². The second-order valence-electron chi connectivity index (χ2n) is 10.5. The molecule has 157 valence electrons. The Hall–Kier alpha value is 0.781. The fourth-order valence-corrected chi connectivity index (χ4v) is 6.74. The molecule has 1 atom stereocenters. The fourth-order valence-electron chi connectivity index (χ4n) is 3.50. The standard InChI is InChI=1S/C22H35OSSi.2ClH.Ti/c1-20(2,3)18-14-15-22(17-12-10-11-13-17,24-23-25(7,8)9)19(16-18)21(4,5)6;;;/h10,12,14,16H,11,15H2,1-9H3;2*1H;/q;;;+2/p-2. The molecule has 0 radical (unpaired) electrons. The summed E-state index contributed by atoms with van der Waals surface area (Å²) < 4.78 is 7.88. The Morgan fingerprint density at radius 3 is 2.00 bits per heavy atom. The minimum Gasteiger partial charge on any atom is -1.00 e. The third kappa shape index (κ3) is 6.64. The van der Waals surface area contributed by atoms with Gasteiger partial charge in [0.15, 0.2) is 0 Å². The first kappa shape index (κ1) is 28.8. The van der Waals surface area contributed by atoms with Crippen LogP contribution in [0.15, 0.2) is 44.9 Å². The van der Waals surface area contributed by atoms with E-state index in [1.165, 1.54) is 20.6 Å². The molecule has 2 aliphatic rings. The number of allylic oxidation sites excluding steroid dienone is 6. The SMILES string of the molecule is CC(C)(C)C1=CCC(SO[Si](C)(C)C)(C2=[C]([Ti+2])CC=C2)C(C(C)(C)C)=C1.[Cl-].[Cl-]. The summed E-state index contributed by atoms with van der Waals surface area (Å²) in [5, 5.41) is 0. The first-order valence-corrected chi connectivity index (χ1v) is 14.5. The normalized spacial score (nSPS) is 23.1. The molecule has 1 nitrogen and oxygen atoms in total. The van der Waals surface area contributed by atoms with Crippen molar-refractivity contribution < 1.29 is 49.1 Å². The molecule has 2 rings (SSSR count). The Balaban J connectivity index is 0.00000364. The largest absolute Gasteiger partial charge is 1.00 e. The van der Waals surface area contributed by atoms with Gasteiger partial charge in [0.1, 0.15) is 0 Å². The van der Waals surface area contributed by atoms with Crippen molar-refractivity contribution in [3.05, 3.63) is 44.9 Å². The molecule has 0 aromatic carbocycles. The summed E-state index contributed by atoms with van der Waals surface area (Å²) in [6, 6.07) is 0. The van der Waals surface area contributed by atoms with Crippen LogP contribution in [0.2, 0.25) is 19.6 Å². The van der Waals surface area contributed by atoms with Gasteiger partial charge < -0.3 is 24.8 Å². The number of hydrogen-bond acceptors (Lipinski definition) is 2. The molecule has 0 saturated carbocycles. The van der Waals surface area contributed by atoms with Crippen LogP contribution in [-0.4, -0.2) is 13.1 Å². The molecule has 0 amide bonds. The predicted octanol–water partition coefficient (Wildman–Crippen LogP) is 1.34. The van der Waals surface area contributed by atoms with Crippen LogP contribution in [0.5, 0.6) is 0 Å². The van der Waals surface area contributed by atoms with Crippen molar-refractivity contribution in [2.24, 2.45) is 10.8 Å². The summed E-state index contributed by atoms with van der Waals surface area (Å²) >= 11 is 4.03. The van der Waals surface area contributed by atoms with Crippen molar-refractivity contribution >= 4 is 20.4 Å². The number of halogens is 2. The van der Waals surface area contributed by atoms with Crippen molar-refractivity contribution in [2.75, 3.05) is 0 Å². The van der Waals surface area contributed by atoms with E-state index in [0.717, 1.165) is 12.8 Å². The average Bonchev–Trinajstić information content (AvgIpc) is 2.89. The van der Waals surface area contributed by atoms with Crippen molar-refractivity contribution in [1.29, 1.82) is 0 Å². The maximum Gasteiger partial charge on any atom is -1.00 e. The van der Waals surface area contributed by atoms with E-state index in [4.69, 9.17) is 3.87 Å². The molecular weight excluding hydrogens is 459 g/mol. The van der Waals surface area contributed by atoms with E-state index in [1.54, 1.807) is 12.0 Å². The first-order chi connectivity index (χ1) is 11.7. The van der Waals surface area contributed by atoms with Gasteiger partial charge in [0.05, 0.1) is 0 Å². The third-order valence-electron chi connectivity index (χ3n) is 4.82. The van der Waals surface area contributed by atoms with Crippen LogP contribution < -0.4 is 24.8 Å². The Morgan fingerprint density at radius 2 is 1.61 bits per heavy atom. The minimum atomic E-state index is -1.64. The number of hydrogen-bond donors (Lipinski definition) is 0. The van der Waals surface area contributed by atoms with Gasteiger partial charge in [-0.1, -0.05) is 0 Å². The molecule has 0 saturated heterocycles.